The topological polar surface area (TPSA) is 63.1 Å². The van der Waals surface area contributed by atoms with Gasteiger partial charge in [0.25, 0.3) is 0 Å². The van der Waals surface area contributed by atoms with Gasteiger partial charge in [-0.2, -0.15) is 0 Å². The van der Waals surface area contributed by atoms with E-state index in [1.807, 2.05) is 57.2 Å². The Bertz CT molecular complexity index is 954. The molecule has 146 valence electrons. The molecule has 0 aliphatic rings. The van der Waals surface area contributed by atoms with E-state index in [-0.39, 0.29) is 17.0 Å². The minimum atomic E-state index is -0.363. The standard InChI is InChI=1S/C20H22FN5OS/c1-13(19(27)22-16-9-11-17(12-10-16)25(2)3)28-20-24-23-18(26(20)4)14-5-7-15(21)8-6-14/h5-13H,1-4H3,(H,22,27). The van der Waals surface area contributed by atoms with Crippen molar-refractivity contribution in [3.05, 3.63) is 54.3 Å². The molecule has 0 radical (unpaired) electrons. The molecule has 0 saturated heterocycles. The highest BCUT2D eigenvalue weighted by Crippen LogP contribution is 2.26. The summed E-state index contributed by atoms with van der Waals surface area (Å²) in [7, 11) is 5.76. The van der Waals surface area contributed by atoms with Crippen LogP contribution in [0.4, 0.5) is 15.8 Å². The van der Waals surface area contributed by atoms with E-state index in [4.69, 9.17) is 0 Å². The van der Waals surface area contributed by atoms with Crippen LogP contribution >= 0.6 is 11.8 Å². The molecule has 0 fully saturated rings. The fourth-order valence-corrected chi connectivity index (χ4v) is 3.38. The van der Waals surface area contributed by atoms with Crippen LogP contribution < -0.4 is 10.2 Å². The fourth-order valence-electron chi connectivity index (χ4n) is 2.57. The van der Waals surface area contributed by atoms with Gasteiger partial charge in [-0.25, -0.2) is 4.39 Å². The van der Waals surface area contributed by atoms with Crippen molar-refractivity contribution in [2.24, 2.45) is 7.05 Å². The molecule has 0 saturated carbocycles. The lowest BCUT2D eigenvalue weighted by Crippen LogP contribution is -2.22. The molecule has 0 spiro atoms. The van der Waals surface area contributed by atoms with E-state index in [1.165, 1.54) is 23.9 Å². The van der Waals surface area contributed by atoms with Crippen LogP contribution in [0.2, 0.25) is 0 Å². The number of hydrogen-bond donors (Lipinski definition) is 1. The maximum Gasteiger partial charge on any atom is 0.237 e. The Morgan fingerprint density at radius 1 is 1.11 bits per heavy atom. The molecule has 6 nitrogen and oxygen atoms in total. The van der Waals surface area contributed by atoms with Crippen LogP contribution in [0.25, 0.3) is 11.4 Å². The van der Waals surface area contributed by atoms with E-state index in [2.05, 4.69) is 15.5 Å². The third-order valence-corrected chi connectivity index (χ3v) is 5.37. The molecular weight excluding hydrogens is 377 g/mol. The number of carbonyl (C=O) groups is 1. The number of thioether (sulfide) groups is 1. The van der Waals surface area contributed by atoms with Gasteiger partial charge in [0, 0.05) is 38.1 Å². The van der Waals surface area contributed by atoms with E-state index in [9.17, 15) is 9.18 Å². The van der Waals surface area contributed by atoms with Gasteiger partial charge < -0.3 is 14.8 Å². The molecule has 3 rings (SSSR count). The van der Waals surface area contributed by atoms with Crippen LogP contribution in [0.3, 0.4) is 0 Å². The number of nitrogens with zero attached hydrogens (tertiary/aromatic N) is 4. The monoisotopic (exact) mass is 399 g/mol. The van der Waals surface area contributed by atoms with Crippen LogP contribution in [0.15, 0.2) is 53.7 Å². The van der Waals surface area contributed by atoms with Gasteiger partial charge in [0.15, 0.2) is 11.0 Å². The molecule has 2 aromatic carbocycles. The first-order valence-electron chi connectivity index (χ1n) is 8.75. The number of benzene rings is 2. The summed E-state index contributed by atoms with van der Waals surface area (Å²) in [6.07, 6.45) is 0. The number of nitrogens with one attached hydrogen (secondary N) is 1. The van der Waals surface area contributed by atoms with Crippen molar-refractivity contribution in [2.75, 3.05) is 24.3 Å². The van der Waals surface area contributed by atoms with Crippen LogP contribution in [-0.2, 0) is 11.8 Å². The Balaban J connectivity index is 1.66. The maximum atomic E-state index is 13.1. The number of halogens is 1. The van der Waals surface area contributed by atoms with Crippen molar-refractivity contribution in [1.82, 2.24) is 14.8 Å². The summed E-state index contributed by atoms with van der Waals surface area (Å²) in [4.78, 5) is 14.5. The number of anilines is 2. The quantitative estimate of drug-likeness (QED) is 0.639. The summed E-state index contributed by atoms with van der Waals surface area (Å²) >= 11 is 1.32. The van der Waals surface area contributed by atoms with Gasteiger partial charge in [-0.1, -0.05) is 11.8 Å². The molecule has 0 bridgehead atoms. The van der Waals surface area contributed by atoms with Gasteiger partial charge in [0.05, 0.1) is 5.25 Å². The first-order valence-corrected chi connectivity index (χ1v) is 9.63. The van der Waals surface area contributed by atoms with E-state index in [0.29, 0.717) is 11.0 Å². The Kier molecular flexibility index (Phi) is 5.99. The van der Waals surface area contributed by atoms with Crippen molar-refractivity contribution < 1.29 is 9.18 Å². The smallest absolute Gasteiger partial charge is 0.237 e. The molecule has 1 atom stereocenters. The lowest BCUT2D eigenvalue weighted by Gasteiger charge is -2.14. The molecule has 3 aromatic rings. The van der Waals surface area contributed by atoms with Crippen molar-refractivity contribution in [3.63, 3.8) is 0 Å². The first-order chi connectivity index (χ1) is 13.3. The lowest BCUT2D eigenvalue weighted by atomic mass is 10.2. The van der Waals surface area contributed by atoms with Gasteiger partial charge >= 0.3 is 0 Å². The molecule has 0 aliphatic carbocycles. The Morgan fingerprint density at radius 3 is 2.36 bits per heavy atom. The maximum absolute atomic E-state index is 13.1. The third kappa shape index (κ3) is 4.51. The van der Waals surface area contributed by atoms with Crippen molar-refractivity contribution in [2.45, 2.75) is 17.3 Å². The molecule has 1 amide bonds. The third-order valence-electron chi connectivity index (χ3n) is 4.24. The minimum Gasteiger partial charge on any atom is -0.378 e. The molecule has 28 heavy (non-hydrogen) atoms. The fraction of sp³-hybridized carbons (Fsp3) is 0.250. The zero-order valence-electron chi connectivity index (χ0n) is 16.2. The van der Waals surface area contributed by atoms with Crippen molar-refractivity contribution in [3.8, 4) is 11.4 Å². The number of hydrogen-bond acceptors (Lipinski definition) is 5. The van der Waals surface area contributed by atoms with Gasteiger partial charge in [0.2, 0.25) is 5.91 Å². The normalized spacial score (nSPS) is 11.9. The summed E-state index contributed by atoms with van der Waals surface area (Å²) in [6, 6.07) is 13.7. The summed E-state index contributed by atoms with van der Waals surface area (Å²) in [5.74, 6) is 0.202. The summed E-state index contributed by atoms with van der Waals surface area (Å²) in [5, 5.41) is 11.5. The van der Waals surface area contributed by atoms with Crippen molar-refractivity contribution in [1.29, 1.82) is 0 Å². The van der Waals surface area contributed by atoms with E-state index in [0.717, 1.165) is 16.9 Å². The number of amides is 1. The lowest BCUT2D eigenvalue weighted by molar-refractivity contribution is -0.115. The molecule has 1 N–H and O–H groups in total. The highest BCUT2D eigenvalue weighted by Gasteiger charge is 2.19. The van der Waals surface area contributed by atoms with E-state index < -0.39 is 0 Å². The molecule has 1 aromatic heterocycles. The molecule has 1 unspecified atom stereocenters. The summed E-state index contributed by atoms with van der Waals surface area (Å²) < 4.78 is 14.9. The van der Waals surface area contributed by atoms with Crippen LogP contribution in [0.5, 0.6) is 0 Å². The molecule has 0 aliphatic heterocycles. The Morgan fingerprint density at radius 2 is 1.75 bits per heavy atom. The highest BCUT2D eigenvalue weighted by atomic mass is 32.2. The molecule has 8 heteroatoms. The highest BCUT2D eigenvalue weighted by molar-refractivity contribution is 8.00. The van der Waals surface area contributed by atoms with E-state index >= 15 is 0 Å². The SMILES string of the molecule is CC(Sc1nnc(-c2ccc(F)cc2)n1C)C(=O)Nc1ccc(N(C)C)cc1. The Hall–Kier alpha value is -2.87. The van der Waals surface area contributed by atoms with Gasteiger partial charge in [0.1, 0.15) is 5.82 Å². The summed E-state index contributed by atoms with van der Waals surface area (Å²) in [5.41, 5.74) is 2.57. The van der Waals surface area contributed by atoms with Crippen molar-refractivity contribution >= 4 is 29.0 Å². The predicted octanol–water partition coefficient (Wildman–Crippen LogP) is 3.81. The second-order valence-electron chi connectivity index (χ2n) is 6.56. The number of aromatic nitrogens is 3. The average molecular weight is 399 g/mol. The largest absolute Gasteiger partial charge is 0.378 e. The second kappa shape index (κ2) is 8.43. The summed E-state index contributed by atoms with van der Waals surface area (Å²) in [6.45, 7) is 1.82. The predicted molar refractivity (Wildman–Crippen MR) is 111 cm³/mol. The first kappa shape index (κ1) is 19.9. The van der Waals surface area contributed by atoms with Crippen LogP contribution in [-0.4, -0.2) is 40.0 Å². The minimum absolute atomic E-state index is 0.117. The number of rotatable bonds is 6. The van der Waals surface area contributed by atoms with Gasteiger partial charge in [-0.05, 0) is 55.5 Å². The van der Waals surface area contributed by atoms with Gasteiger partial charge in [-0.3, -0.25) is 4.79 Å². The van der Waals surface area contributed by atoms with E-state index in [1.54, 1.807) is 16.7 Å². The Labute approximate surface area is 167 Å². The van der Waals surface area contributed by atoms with Gasteiger partial charge in [-0.15, -0.1) is 10.2 Å². The average Bonchev–Trinajstić information content (AvgIpc) is 3.03. The van der Waals surface area contributed by atoms with Crippen LogP contribution in [0.1, 0.15) is 6.92 Å². The second-order valence-corrected chi connectivity index (χ2v) is 7.87. The molecular formula is C20H22FN5OS. The zero-order chi connectivity index (χ0) is 20.3. The number of carbonyl (C=O) groups excluding carboxylic acids is 1. The molecule has 1 heterocycles. The zero-order valence-corrected chi connectivity index (χ0v) is 17.0. The van der Waals surface area contributed by atoms with Crippen LogP contribution in [0, 0.1) is 5.82 Å².